The van der Waals surface area contributed by atoms with Crippen molar-refractivity contribution in [1.82, 2.24) is 9.97 Å². The van der Waals surface area contributed by atoms with Gasteiger partial charge in [0, 0.05) is 17.1 Å². The highest BCUT2D eigenvalue weighted by Crippen LogP contribution is 2.37. The fourth-order valence-electron chi connectivity index (χ4n) is 3.26. The van der Waals surface area contributed by atoms with Crippen molar-refractivity contribution in [3.63, 3.8) is 0 Å². The summed E-state index contributed by atoms with van der Waals surface area (Å²) in [5, 5.41) is 14.5. The number of hydrogen-bond donors (Lipinski definition) is 1. The average Bonchev–Trinajstić information content (AvgIpc) is 2.63. The van der Waals surface area contributed by atoms with Crippen molar-refractivity contribution in [1.29, 1.82) is 0 Å². The molecule has 1 N–H and O–H groups in total. The van der Waals surface area contributed by atoms with Crippen LogP contribution in [-0.4, -0.2) is 27.5 Å². The molecule has 9 heteroatoms. The van der Waals surface area contributed by atoms with Crippen LogP contribution in [0.3, 0.4) is 0 Å². The van der Waals surface area contributed by atoms with Crippen molar-refractivity contribution in [3.05, 3.63) is 44.9 Å². The molecular formula is C17H19BrFN5O2. The summed E-state index contributed by atoms with van der Waals surface area (Å²) in [7, 11) is 0. The molecule has 0 aliphatic carbocycles. The lowest BCUT2D eigenvalue weighted by Crippen LogP contribution is -2.40. The van der Waals surface area contributed by atoms with Crippen LogP contribution < -0.4 is 10.2 Å². The summed E-state index contributed by atoms with van der Waals surface area (Å²) in [5.41, 5.74) is -0.109. The molecule has 2 heterocycles. The maximum Gasteiger partial charge on any atom is 0.353 e. The fourth-order valence-corrected chi connectivity index (χ4v) is 3.59. The molecule has 3 rings (SSSR count). The SMILES string of the molecule is CCC1CCCCN1c1ncnc(Nc2ccc(Br)cc2F)c1[N+](=O)[O-]. The Kier molecular flexibility index (Phi) is 5.65. The van der Waals surface area contributed by atoms with Gasteiger partial charge < -0.3 is 10.2 Å². The summed E-state index contributed by atoms with van der Waals surface area (Å²) in [6, 6.07) is 4.64. The Morgan fingerprint density at radius 1 is 1.42 bits per heavy atom. The third-order valence-corrected chi connectivity index (χ3v) is 5.03. The molecular weight excluding hydrogens is 405 g/mol. The molecule has 0 saturated carbocycles. The number of rotatable bonds is 5. The lowest BCUT2D eigenvalue weighted by molar-refractivity contribution is -0.383. The van der Waals surface area contributed by atoms with E-state index in [9.17, 15) is 14.5 Å². The summed E-state index contributed by atoms with van der Waals surface area (Å²) in [4.78, 5) is 21.4. The fraction of sp³-hybridized carbons (Fsp3) is 0.412. The molecule has 1 aliphatic heterocycles. The van der Waals surface area contributed by atoms with E-state index in [4.69, 9.17) is 0 Å². The van der Waals surface area contributed by atoms with Crippen LogP contribution in [-0.2, 0) is 0 Å². The van der Waals surface area contributed by atoms with E-state index in [0.29, 0.717) is 11.0 Å². The number of benzene rings is 1. The normalized spacial score (nSPS) is 17.2. The van der Waals surface area contributed by atoms with Crippen LogP contribution in [0.2, 0.25) is 0 Å². The van der Waals surface area contributed by atoms with Gasteiger partial charge in [0.2, 0.25) is 11.6 Å². The van der Waals surface area contributed by atoms with Gasteiger partial charge in [-0.3, -0.25) is 10.1 Å². The van der Waals surface area contributed by atoms with Gasteiger partial charge in [0.05, 0.1) is 10.6 Å². The van der Waals surface area contributed by atoms with Crippen LogP contribution in [0, 0.1) is 15.9 Å². The van der Waals surface area contributed by atoms with Gasteiger partial charge in [0.15, 0.2) is 0 Å². The zero-order valence-electron chi connectivity index (χ0n) is 14.3. The van der Waals surface area contributed by atoms with Crippen molar-refractivity contribution in [3.8, 4) is 0 Å². The standard InChI is InChI=1S/C17H19BrFN5O2/c1-2-12-5-3-4-8-23(12)17-15(24(25)26)16(20-10-21-17)22-14-7-6-11(18)9-13(14)19/h6-7,9-10,12H,2-5,8H2,1H3,(H,20,21,22). The number of hydrogen-bond acceptors (Lipinski definition) is 6. The zero-order valence-corrected chi connectivity index (χ0v) is 15.9. The van der Waals surface area contributed by atoms with E-state index in [-0.39, 0.29) is 29.1 Å². The highest BCUT2D eigenvalue weighted by Gasteiger charge is 2.32. The van der Waals surface area contributed by atoms with Crippen molar-refractivity contribution in [2.24, 2.45) is 0 Å². The van der Waals surface area contributed by atoms with E-state index in [0.717, 1.165) is 25.7 Å². The second-order valence-electron chi connectivity index (χ2n) is 6.15. The first-order valence-corrected chi connectivity index (χ1v) is 9.28. The van der Waals surface area contributed by atoms with Gasteiger partial charge >= 0.3 is 5.69 Å². The quantitative estimate of drug-likeness (QED) is 0.549. The number of halogens is 2. The molecule has 26 heavy (non-hydrogen) atoms. The smallest absolute Gasteiger partial charge is 0.348 e. The molecule has 0 amide bonds. The molecule has 0 bridgehead atoms. The van der Waals surface area contributed by atoms with Gasteiger partial charge in [-0.1, -0.05) is 22.9 Å². The maximum absolute atomic E-state index is 14.1. The van der Waals surface area contributed by atoms with E-state index >= 15 is 0 Å². The van der Waals surface area contributed by atoms with Crippen molar-refractivity contribution < 1.29 is 9.31 Å². The Labute approximate surface area is 158 Å². The topological polar surface area (TPSA) is 84.2 Å². The average molecular weight is 424 g/mol. The largest absolute Gasteiger partial charge is 0.353 e. The molecule has 0 spiro atoms. The molecule has 0 radical (unpaired) electrons. The van der Waals surface area contributed by atoms with Crippen molar-refractivity contribution >= 4 is 38.9 Å². The molecule has 1 aromatic heterocycles. The minimum atomic E-state index is -0.529. The molecule has 1 atom stereocenters. The first kappa shape index (κ1) is 18.5. The summed E-state index contributed by atoms with van der Waals surface area (Å²) >= 11 is 3.19. The van der Waals surface area contributed by atoms with E-state index < -0.39 is 10.7 Å². The van der Waals surface area contributed by atoms with Gasteiger partial charge in [-0.15, -0.1) is 0 Å². The third kappa shape index (κ3) is 3.77. The molecule has 7 nitrogen and oxygen atoms in total. The molecule has 1 saturated heterocycles. The Bertz CT molecular complexity index is 820. The highest BCUT2D eigenvalue weighted by molar-refractivity contribution is 9.10. The first-order chi connectivity index (χ1) is 12.5. The molecule has 1 unspecified atom stereocenters. The molecule has 1 aromatic carbocycles. The van der Waals surface area contributed by atoms with Crippen LogP contribution in [0.25, 0.3) is 0 Å². The number of nitrogens with one attached hydrogen (secondary N) is 1. The second kappa shape index (κ2) is 7.94. The summed E-state index contributed by atoms with van der Waals surface area (Å²) in [6.07, 6.45) is 5.20. The number of nitro groups is 1. The summed E-state index contributed by atoms with van der Waals surface area (Å²) in [6.45, 7) is 2.77. The minimum absolute atomic E-state index is 0.0124. The van der Waals surface area contributed by atoms with Crippen LogP contribution in [0.1, 0.15) is 32.6 Å². The Morgan fingerprint density at radius 2 is 2.23 bits per heavy atom. The first-order valence-electron chi connectivity index (χ1n) is 8.49. The number of anilines is 3. The summed E-state index contributed by atoms with van der Waals surface area (Å²) in [5.74, 6) is -0.253. The molecule has 2 aromatic rings. The maximum atomic E-state index is 14.1. The Balaban J connectivity index is 2.02. The Hall–Kier alpha value is -2.29. The molecule has 138 valence electrons. The van der Waals surface area contributed by atoms with Gasteiger partial charge in [0.25, 0.3) is 0 Å². The molecule has 1 aliphatic rings. The van der Waals surface area contributed by atoms with Gasteiger partial charge in [0.1, 0.15) is 12.1 Å². The monoisotopic (exact) mass is 423 g/mol. The summed E-state index contributed by atoms with van der Waals surface area (Å²) < 4.78 is 14.7. The molecule has 1 fully saturated rings. The third-order valence-electron chi connectivity index (χ3n) is 4.54. The van der Waals surface area contributed by atoms with Crippen LogP contribution in [0.4, 0.5) is 27.4 Å². The highest BCUT2D eigenvalue weighted by atomic mass is 79.9. The van der Waals surface area contributed by atoms with Gasteiger partial charge in [-0.05, 0) is 43.9 Å². The number of aromatic nitrogens is 2. The van der Waals surface area contributed by atoms with Gasteiger partial charge in [-0.25, -0.2) is 14.4 Å². The number of piperidine rings is 1. The lowest BCUT2D eigenvalue weighted by atomic mass is 10.00. The van der Waals surface area contributed by atoms with Gasteiger partial charge in [-0.2, -0.15) is 0 Å². The second-order valence-corrected chi connectivity index (χ2v) is 7.07. The predicted octanol–water partition coefficient (Wildman–Crippen LogP) is 4.80. The van der Waals surface area contributed by atoms with Crippen LogP contribution >= 0.6 is 15.9 Å². The van der Waals surface area contributed by atoms with Crippen molar-refractivity contribution in [2.75, 3.05) is 16.8 Å². The van der Waals surface area contributed by atoms with Crippen LogP contribution in [0.5, 0.6) is 0 Å². The number of nitrogens with zero attached hydrogens (tertiary/aromatic N) is 4. The van der Waals surface area contributed by atoms with E-state index in [1.165, 1.54) is 18.5 Å². The van der Waals surface area contributed by atoms with Crippen LogP contribution in [0.15, 0.2) is 29.0 Å². The van der Waals surface area contributed by atoms with E-state index in [1.54, 1.807) is 6.07 Å². The lowest BCUT2D eigenvalue weighted by Gasteiger charge is -2.35. The predicted molar refractivity (Wildman–Crippen MR) is 101 cm³/mol. The van der Waals surface area contributed by atoms with E-state index in [2.05, 4.69) is 38.1 Å². The zero-order chi connectivity index (χ0) is 18.7. The Morgan fingerprint density at radius 3 is 2.92 bits per heavy atom. The van der Waals surface area contributed by atoms with E-state index in [1.807, 2.05) is 4.90 Å². The van der Waals surface area contributed by atoms with Crippen molar-refractivity contribution in [2.45, 2.75) is 38.6 Å². The minimum Gasteiger partial charge on any atom is -0.348 e.